The van der Waals surface area contributed by atoms with Crippen molar-refractivity contribution < 1.29 is 14.6 Å². The highest BCUT2D eigenvalue weighted by Crippen LogP contribution is 2.33. The van der Waals surface area contributed by atoms with Gasteiger partial charge in [-0.15, -0.1) is 0 Å². The molecule has 0 spiro atoms. The van der Waals surface area contributed by atoms with Crippen LogP contribution in [-0.4, -0.2) is 42.5 Å². The van der Waals surface area contributed by atoms with Crippen LogP contribution >= 0.6 is 0 Å². The minimum atomic E-state index is -0.550. The predicted molar refractivity (Wildman–Crippen MR) is 88.9 cm³/mol. The third-order valence-corrected chi connectivity index (χ3v) is 4.39. The highest BCUT2D eigenvalue weighted by molar-refractivity contribution is 5.74. The van der Waals surface area contributed by atoms with Crippen molar-refractivity contribution >= 4 is 6.03 Å². The lowest BCUT2D eigenvalue weighted by Crippen LogP contribution is -2.54. The first-order valence-electron chi connectivity index (χ1n) is 8.50. The monoisotopic (exact) mass is 314 g/mol. The van der Waals surface area contributed by atoms with Gasteiger partial charge in [-0.25, -0.2) is 4.79 Å². The molecule has 2 amide bonds. The van der Waals surface area contributed by atoms with Crippen LogP contribution in [0.5, 0.6) is 0 Å². The van der Waals surface area contributed by atoms with E-state index in [-0.39, 0.29) is 24.2 Å². The van der Waals surface area contributed by atoms with Crippen LogP contribution in [0, 0.1) is 11.3 Å². The first-order valence-corrected chi connectivity index (χ1v) is 8.50. The molecule has 0 aromatic carbocycles. The van der Waals surface area contributed by atoms with E-state index >= 15 is 0 Å². The first-order chi connectivity index (χ1) is 10.2. The zero-order valence-electron chi connectivity index (χ0n) is 14.9. The molecular formula is C17H34N2O3. The van der Waals surface area contributed by atoms with Crippen LogP contribution in [0.4, 0.5) is 4.79 Å². The van der Waals surface area contributed by atoms with Gasteiger partial charge in [0.15, 0.2) is 0 Å². The Morgan fingerprint density at radius 2 is 2.00 bits per heavy atom. The van der Waals surface area contributed by atoms with Crippen LogP contribution in [-0.2, 0) is 4.74 Å². The van der Waals surface area contributed by atoms with Gasteiger partial charge in [0.2, 0.25) is 0 Å². The molecule has 22 heavy (non-hydrogen) atoms. The van der Waals surface area contributed by atoms with Crippen molar-refractivity contribution in [2.75, 3.05) is 19.8 Å². The lowest BCUT2D eigenvalue weighted by atomic mass is 9.78. The second-order valence-electron chi connectivity index (χ2n) is 7.86. The van der Waals surface area contributed by atoms with Gasteiger partial charge < -0.3 is 20.5 Å². The van der Waals surface area contributed by atoms with Crippen LogP contribution in [0.1, 0.15) is 60.3 Å². The van der Waals surface area contributed by atoms with Crippen molar-refractivity contribution in [2.24, 2.45) is 11.3 Å². The van der Waals surface area contributed by atoms with Crippen molar-refractivity contribution in [3.05, 3.63) is 0 Å². The molecule has 5 nitrogen and oxygen atoms in total. The van der Waals surface area contributed by atoms with E-state index in [1.54, 1.807) is 0 Å². The van der Waals surface area contributed by atoms with Crippen LogP contribution in [0.25, 0.3) is 0 Å². The maximum Gasteiger partial charge on any atom is 0.315 e. The molecule has 5 heteroatoms. The maximum absolute atomic E-state index is 12.1. The van der Waals surface area contributed by atoms with Gasteiger partial charge in [0.05, 0.1) is 18.2 Å². The maximum atomic E-state index is 12.1. The van der Waals surface area contributed by atoms with Crippen molar-refractivity contribution in [3.8, 4) is 0 Å². The van der Waals surface area contributed by atoms with E-state index in [1.807, 2.05) is 13.8 Å². The van der Waals surface area contributed by atoms with E-state index in [4.69, 9.17) is 4.74 Å². The molecular weight excluding hydrogens is 280 g/mol. The van der Waals surface area contributed by atoms with Crippen LogP contribution in [0.15, 0.2) is 0 Å². The quantitative estimate of drug-likeness (QED) is 0.706. The third-order valence-electron chi connectivity index (χ3n) is 4.39. The van der Waals surface area contributed by atoms with E-state index in [9.17, 15) is 9.90 Å². The number of hydrogen-bond donors (Lipinski definition) is 3. The summed E-state index contributed by atoms with van der Waals surface area (Å²) in [4.78, 5) is 12.1. The number of carbonyl (C=O) groups excluding carboxylic acids is 1. The van der Waals surface area contributed by atoms with Crippen LogP contribution in [0.3, 0.4) is 0 Å². The average Bonchev–Trinajstić information content (AvgIpc) is 2.44. The Kier molecular flexibility index (Phi) is 7.13. The fourth-order valence-corrected chi connectivity index (χ4v) is 3.28. The Balaban J connectivity index is 2.51. The lowest BCUT2D eigenvalue weighted by molar-refractivity contribution is -0.0838. The number of hydrogen-bond acceptors (Lipinski definition) is 3. The number of urea groups is 1. The largest absolute Gasteiger partial charge is 0.394 e. The minimum absolute atomic E-state index is 0.0502. The highest BCUT2D eigenvalue weighted by atomic mass is 16.5. The summed E-state index contributed by atoms with van der Waals surface area (Å²) in [5.41, 5.74) is -0.476. The standard InChI is InChI=1S/C17H34N2O3/c1-6-9-17(5,12-20)19-15(21)18-11-13-8-7-10-22-14(13)16(2,3)4/h13-14,20H,6-12H2,1-5H3,(H2,18,19,21). The number of ether oxygens (including phenoxy) is 1. The van der Waals surface area contributed by atoms with E-state index in [2.05, 4.69) is 31.4 Å². The van der Waals surface area contributed by atoms with E-state index in [0.717, 1.165) is 32.3 Å². The number of aliphatic hydroxyl groups is 1. The number of aliphatic hydroxyl groups excluding tert-OH is 1. The molecule has 1 heterocycles. The van der Waals surface area contributed by atoms with E-state index in [1.165, 1.54) is 0 Å². The summed E-state index contributed by atoms with van der Waals surface area (Å²) in [6.07, 6.45) is 3.97. The molecule has 3 N–H and O–H groups in total. The SMILES string of the molecule is CCCC(C)(CO)NC(=O)NCC1CCCOC1C(C)(C)C. The van der Waals surface area contributed by atoms with Gasteiger partial charge in [-0.2, -0.15) is 0 Å². The van der Waals surface area contributed by atoms with Gasteiger partial charge in [0.25, 0.3) is 0 Å². The van der Waals surface area contributed by atoms with Crippen molar-refractivity contribution in [2.45, 2.75) is 71.9 Å². The van der Waals surface area contributed by atoms with Crippen molar-refractivity contribution in [3.63, 3.8) is 0 Å². The number of rotatable bonds is 6. The summed E-state index contributed by atoms with van der Waals surface area (Å²) in [6, 6.07) is -0.205. The molecule has 0 aliphatic carbocycles. The van der Waals surface area contributed by atoms with Gasteiger partial charge in [0, 0.05) is 19.1 Å². The second kappa shape index (κ2) is 8.16. The topological polar surface area (TPSA) is 70.6 Å². The average molecular weight is 314 g/mol. The molecule has 0 bridgehead atoms. The Bertz CT molecular complexity index is 354. The molecule has 0 radical (unpaired) electrons. The zero-order chi connectivity index (χ0) is 16.8. The summed E-state index contributed by atoms with van der Waals surface area (Å²) in [5, 5.41) is 15.3. The van der Waals surface area contributed by atoms with Gasteiger partial charge in [-0.1, -0.05) is 34.1 Å². The number of nitrogens with one attached hydrogen (secondary N) is 2. The van der Waals surface area contributed by atoms with Gasteiger partial charge in [0.1, 0.15) is 0 Å². The zero-order valence-corrected chi connectivity index (χ0v) is 14.9. The van der Waals surface area contributed by atoms with Crippen molar-refractivity contribution in [1.29, 1.82) is 0 Å². The van der Waals surface area contributed by atoms with Gasteiger partial charge in [-0.05, 0) is 31.6 Å². The van der Waals surface area contributed by atoms with Crippen LogP contribution < -0.4 is 10.6 Å². The predicted octanol–water partition coefficient (Wildman–Crippen LogP) is 2.68. The summed E-state index contributed by atoms with van der Waals surface area (Å²) >= 11 is 0. The fraction of sp³-hybridized carbons (Fsp3) is 0.941. The number of carbonyl (C=O) groups is 1. The molecule has 0 saturated carbocycles. The molecule has 0 aromatic rings. The Labute approximate surface area is 135 Å². The second-order valence-corrected chi connectivity index (χ2v) is 7.86. The summed E-state index contributed by atoms with van der Waals surface area (Å²) in [7, 11) is 0. The fourth-order valence-electron chi connectivity index (χ4n) is 3.28. The van der Waals surface area contributed by atoms with E-state index in [0.29, 0.717) is 12.5 Å². The summed E-state index contributed by atoms with van der Waals surface area (Å²) in [5.74, 6) is 0.339. The molecule has 0 aromatic heterocycles. The first kappa shape index (κ1) is 19.2. The molecule has 3 unspecified atom stereocenters. The smallest absolute Gasteiger partial charge is 0.315 e. The molecule has 130 valence electrons. The third kappa shape index (κ3) is 5.76. The normalized spacial score (nSPS) is 25.4. The molecule has 1 aliphatic heterocycles. The van der Waals surface area contributed by atoms with Crippen molar-refractivity contribution in [1.82, 2.24) is 10.6 Å². The Hall–Kier alpha value is -0.810. The Morgan fingerprint density at radius 3 is 2.55 bits per heavy atom. The summed E-state index contributed by atoms with van der Waals surface area (Å²) in [6.45, 7) is 11.8. The van der Waals surface area contributed by atoms with Crippen LogP contribution in [0.2, 0.25) is 0 Å². The summed E-state index contributed by atoms with van der Waals surface area (Å²) < 4.78 is 5.94. The van der Waals surface area contributed by atoms with Gasteiger partial charge in [-0.3, -0.25) is 0 Å². The highest BCUT2D eigenvalue weighted by Gasteiger charge is 2.35. The van der Waals surface area contributed by atoms with E-state index < -0.39 is 5.54 Å². The Morgan fingerprint density at radius 1 is 1.32 bits per heavy atom. The lowest BCUT2D eigenvalue weighted by Gasteiger charge is -2.40. The molecule has 1 fully saturated rings. The minimum Gasteiger partial charge on any atom is -0.394 e. The molecule has 3 atom stereocenters. The molecule has 1 rings (SSSR count). The number of amides is 2. The molecule has 1 saturated heterocycles. The van der Waals surface area contributed by atoms with Gasteiger partial charge >= 0.3 is 6.03 Å². The molecule has 1 aliphatic rings.